The van der Waals surface area contributed by atoms with E-state index in [1.165, 1.54) is 30.3 Å². The molecule has 0 radical (unpaired) electrons. The lowest BCUT2D eigenvalue weighted by molar-refractivity contribution is -0.274. The molecule has 0 aliphatic rings. The molecule has 0 atom stereocenters. The molecule has 2 aromatic carbocycles. The molecule has 23 heavy (non-hydrogen) atoms. The minimum Gasteiger partial charge on any atom is -0.406 e. The van der Waals surface area contributed by atoms with E-state index in [-0.39, 0.29) is 22.7 Å². The van der Waals surface area contributed by atoms with Crippen LogP contribution in [0.15, 0.2) is 42.5 Å². The molecule has 3 nitrogen and oxygen atoms in total. The van der Waals surface area contributed by atoms with Crippen LogP contribution in [0.1, 0.15) is 5.56 Å². The number of hydrogen-bond donors (Lipinski definition) is 1. The molecule has 122 valence electrons. The Kier molecular flexibility index (Phi) is 5.10. The number of carbonyl (C=O) groups is 1. The van der Waals surface area contributed by atoms with E-state index in [1.807, 2.05) is 0 Å². The van der Waals surface area contributed by atoms with Crippen LogP contribution in [-0.4, -0.2) is 12.3 Å². The molecule has 0 spiro atoms. The van der Waals surface area contributed by atoms with Gasteiger partial charge in [0.25, 0.3) is 0 Å². The Labute approximate surface area is 133 Å². The zero-order chi connectivity index (χ0) is 17.0. The molecular formula is C15H10ClF4NO2. The van der Waals surface area contributed by atoms with Gasteiger partial charge in [0.05, 0.1) is 6.42 Å². The molecule has 1 N–H and O–H groups in total. The number of ether oxygens (including phenoxy) is 1. The quantitative estimate of drug-likeness (QED) is 0.823. The Morgan fingerprint density at radius 2 is 1.78 bits per heavy atom. The average molecular weight is 348 g/mol. The lowest BCUT2D eigenvalue weighted by Crippen LogP contribution is -2.17. The molecule has 2 aromatic rings. The first-order chi connectivity index (χ1) is 10.7. The number of halogens is 5. The standard InChI is InChI=1S/C15H10ClF4NO2/c16-12-2-1-3-13(17)11(12)8-14(22)21-9-4-6-10(7-5-9)23-15(18,19)20/h1-7H,8H2,(H,21,22). The predicted octanol–water partition coefficient (Wildman–Crippen LogP) is 4.56. The van der Waals surface area contributed by atoms with Crippen LogP contribution < -0.4 is 10.1 Å². The lowest BCUT2D eigenvalue weighted by Gasteiger charge is -2.10. The first-order valence-electron chi connectivity index (χ1n) is 6.33. The summed E-state index contributed by atoms with van der Waals surface area (Å²) in [6, 6.07) is 8.63. The number of amides is 1. The SMILES string of the molecule is O=C(Cc1c(F)cccc1Cl)Nc1ccc(OC(F)(F)F)cc1. The van der Waals surface area contributed by atoms with Gasteiger partial charge in [-0.1, -0.05) is 17.7 Å². The molecule has 0 fully saturated rings. The van der Waals surface area contributed by atoms with Gasteiger partial charge in [-0.15, -0.1) is 13.2 Å². The normalized spacial score (nSPS) is 11.2. The Morgan fingerprint density at radius 3 is 2.35 bits per heavy atom. The Morgan fingerprint density at radius 1 is 1.13 bits per heavy atom. The van der Waals surface area contributed by atoms with Crippen LogP contribution in [0.2, 0.25) is 5.02 Å². The molecule has 0 heterocycles. The summed E-state index contributed by atoms with van der Waals surface area (Å²) in [6.45, 7) is 0. The number of nitrogens with one attached hydrogen (secondary N) is 1. The molecule has 8 heteroatoms. The molecule has 0 unspecified atom stereocenters. The molecular weight excluding hydrogens is 338 g/mol. The summed E-state index contributed by atoms with van der Waals surface area (Å²) in [6.07, 6.45) is -5.08. The third-order valence-corrected chi connectivity index (χ3v) is 3.12. The van der Waals surface area contributed by atoms with Crippen LogP contribution in [0.3, 0.4) is 0 Å². The first-order valence-corrected chi connectivity index (χ1v) is 6.71. The van der Waals surface area contributed by atoms with Crippen molar-refractivity contribution in [2.45, 2.75) is 12.8 Å². The number of hydrogen-bond acceptors (Lipinski definition) is 2. The second kappa shape index (κ2) is 6.87. The van der Waals surface area contributed by atoms with Gasteiger partial charge in [-0.3, -0.25) is 4.79 Å². The number of benzene rings is 2. The molecule has 0 saturated carbocycles. The highest BCUT2D eigenvalue weighted by Crippen LogP contribution is 2.24. The Hall–Kier alpha value is -2.28. The van der Waals surface area contributed by atoms with E-state index in [2.05, 4.69) is 10.1 Å². The van der Waals surface area contributed by atoms with Gasteiger partial charge in [-0.25, -0.2) is 4.39 Å². The highest BCUT2D eigenvalue weighted by atomic mass is 35.5. The number of anilines is 1. The van der Waals surface area contributed by atoms with E-state index in [1.54, 1.807) is 0 Å². The van der Waals surface area contributed by atoms with Crippen molar-refractivity contribution in [1.82, 2.24) is 0 Å². The van der Waals surface area contributed by atoms with Crippen molar-refractivity contribution in [3.63, 3.8) is 0 Å². The lowest BCUT2D eigenvalue weighted by atomic mass is 10.1. The minimum absolute atomic E-state index is 0.0451. The summed E-state index contributed by atoms with van der Waals surface area (Å²) in [5.41, 5.74) is 0.292. The van der Waals surface area contributed by atoms with E-state index in [0.29, 0.717) is 0 Å². The van der Waals surface area contributed by atoms with E-state index in [4.69, 9.17) is 11.6 Å². The summed E-state index contributed by atoms with van der Waals surface area (Å²) < 4.78 is 53.4. The zero-order valence-electron chi connectivity index (χ0n) is 11.5. The molecule has 2 rings (SSSR count). The van der Waals surface area contributed by atoms with Crippen molar-refractivity contribution in [2.75, 3.05) is 5.32 Å². The molecule has 0 saturated heterocycles. The van der Waals surface area contributed by atoms with Gasteiger partial charge in [-0.05, 0) is 36.4 Å². The van der Waals surface area contributed by atoms with E-state index in [9.17, 15) is 22.4 Å². The fourth-order valence-electron chi connectivity index (χ4n) is 1.81. The third-order valence-electron chi connectivity index (χ3n) is 2.77. The summed E-state index contributed by atoms with van der Waals surface area (Å²) in [5, 5.41) is 2.55. The van der Waals surface area contributed by atoms with Gasteiger partial charge in [0, 0.05) is 16.3 Å². The number of carbonyl (C=O) groups excluding carboxylic acids is 1. The van der Waals surface area contributed by atoms with Gasteiger partial charge < -0.3 is 10.1 Å². The maximum atomic E-state index is 13.6. The van der Waals surface area contributed by atoms with Crippen molar-refractivity contribution in [3.05, 3.63) is 58.9 Å². The van der Waals surface area contributed by atoms with E-state index >= 15 is 0 Å². The van der Waals surface area contributed by atoms with Crippen molar-refractivity contribution in [3.8, 4) is 5.75 Å². The van der Waals surface area contributed by atoms with Crippen LogP contribution in [-0.2, 0) is 11.2 Å². The molecule has 0 bridgehead atoms. The number of alkyl halides is 3. The summed E-state index contributed by atoms with van der Waals surface area (Å²) >= 11 is 5.82. The number of rotatable bonds is 4. The summed E-state index contributed by atoms with van der Waals surface area (Å²) in [5.74, 6) is -1.57. The molecule has 0 aliphatic carbocycles. The Bertz CT molecular complexity index is 681. The van der Waals surface area contributed by atoms with E-state index in [0.717, 1.165) is 12.1 Å². The average Bonchev–Trinajstić information content (AvgIpc) is 2.44. The van der Waals surface area contributed by atoms with Crippen LogP contribution >= 0.6 is 11.6 Å². The van der Waals surface area contributed by atoms with Crippen molar-refractivity contribution in [2.24, 2.45) is 0 Å². The van der Waals surface area contributed by atoms with E-state index < -0.39 is 23.8 Å². The monoisotopic (exact) mass is 347 g/mol. The molecule has 0 aliphatic heterocycles. The highest BCUT2D eigenvalue weighted by Gasteiger charge is 2.30. The second-order valence-electron chi connectivity index (χ2n) is 4.50. The maximum Gasteiger partial charge on any atom is 0.573 e. The van der Waals surface area contributed by atoms with Crippen LogP contribution in [0, 0.1) is 5.82 Å². The van der Waals surface area contributed by atoms with Crippen molar-refractivity contribution < 1.29 is 27.1 Å². The largest absolute Gasteiger partial charge is 0.573 e. The highest BCUT2D eigenvalue weighted by molar-refractivity contribution is 6.31. The fourth-order valence-corrected chi connectivity index (χ4v) is 2.04. The van der Waals surface area contributed by atoms with Gasteiger partial charge in [-0.2, -0.15) is 0 Å². The van der Waals surface area contributed by atoms with Crippen LogP contribution in [0.4, 0.5) is 23.2 Å². The van der Waals surface area contributed by atoms with Crippen LogP contribution in [0.5, 0.6) is 5.75 Å². The Balaban J connectivity index is 2.00. The van der Waals surface area contributed by atoms with Gasteiger partial charge in [0.1, 0.15) is 11.6 Å². The fraction of sp³-hybridized carbons (Fsp3) is 0.133. The first kappa shape index (κ1) is 17.1. The van der Waals surface area contributed by atoms with Crippen molar-refractivity contribution >= 4 is 23.2 Å². The predicted molar refractivity (Wildman–Crippen MR) is 76.9 cm³/mol. The maximum absolute atomic E-state index is 13.6. The van der Waals surface area contributed by atoms with Crippen LogP contribution in [0.25, 0.3) is 0 Å². The summed E-state index contributed by atoms with van der Waals surface area (Å²) in [7, 11) is 0. The van der Waals surface area contributed by atoms with Gasteiger partial charge in [0.15, 0.2) is 0 Å². The zero-order valence-corrected chi connectivity index (χ0v) is 12.2. The third kappa shape index (κ3) is 5.14. The minimum atomic E-state index is -4.79. The van der Waals surface area contributed by atoms with Gasteiger partial charge in [0.2, 0.25) is 5.91 Å². The van der Waals surface area contributed by atoms with Crippen molar-refractivity contribution in [1.29, 1.82) is 0 Å². The van der Waals surface area contributed by atoms with Gasteiger partial charge >= 0.3 is 6.36 Å². The smallest absolute Gasteiger partial charge is 0.406 e. The summed E-state index contributed by atoms with van der Waals surface area (Å²) in [4.78, 5) is 11.9. The molecule has 1 amide bonds. The molecule has 0 aromatic heterocycles. The topological polar surface area (TPSA) is 38.3 Å². The second-order valence-corrected chi connectivity index (χ2v) is 4.90.